The summed E-state index contributed by atoms with van der Waals surface area (Å²) in [7, 11) is 0. The Morgan fingerprint density at radius 2 is 1.86 bits per heavy atom. The van der Waals surface area contributed by atoms with Crippen molar-refractivity contribution in [2.24, 2.45) is 0 Å². The molecule has 1 saturated carbocycles. The van der Waals surface area contributed by atoms with Crippen LogP contribution in [0.2, 0.25) is 0 Å². The SMILES string of the molecule is CC(c1nc(N)nc(Nc2ccccc2)n1)N1CCN(CC(=O)NC2CC2)CC1. The van der Waals surface area contributed by atoms with E-state index in [1.165, 1.54) is 0 Å². The molecule has 1 atom stereocenters. The lowest BCUT2D eigenvalue weighted by atomic mass is 10.2. The second-order valence-electron chi connectivity index (χ2n) is 7.70. The Kier molecular flexibility index (Phi) is 5.86. The van der Waals surface area contributed by atoms with Gasteiger partial charge in [-0.05, 0) is 31.9 Å². The molecule has 154 valence electrons. The third-order valence-corrected chi connectivity index (χ3v) is 5.34. The Labute approximate surface area is 170 Å². The van der Waals surface area contributed by atoms with Gasteiger partial charge in [0.2, 0.25) is 17.8 Å². The number of benzene rings is 1. The Balaban J connectivity index is 1.34. The van der Waals surface area contributed by atoms with Crippen LogP contribution in [0, 0.1) is 0 Å². The first-order valence-electron chi connectivity index (χ1n) is 10.2. The van der Waals surface area contributed by atoms with Gasteiger partial charge in [-0.3, -0.25) is 14.6 Å². The van der Waals surface area contributed by atoms with E-state index in [0.717, 1.165) is 44.7 Å². The van der Waals surface area contributed by atoms with Crippen LogP contribution >= 0.6 is 0 Å². The predicted molar refractivity (Wildman–Crippen MR) is 112 cm³/mol. The molecular formula is C20H28N8O. The maximum atomic E-state index is 12.0. The molecule has 4 N–H and O–H groups in total. The van der Waals surface area contributed by atoms with Crippen molar-refractivity contribution >= 4 is 23.5 Å². The van der Waals surface area contributed by atoms with E-state index in [4.69, 9.17) is 5.73 Å². The number of piperazine rings is 1. The Hall–Kier alpha value is -2.78. The molecule has 9 heteroatoms. The zero-order valence-corrected chi connectivity index (χ0v) is 16.7. The Morgan fingerprint density at radius 1 is 1.14 bits per heavy atom. The van der Waals surface area contributed by atoms with E-state index in [2.05, 4.69) is 42.3 Å². The molecule has 0 radical (unpaired) electrons. The second kappa shape index (κ2) is 8.71. The molecule has 4 rings (SSSR count). The van der Waals surface area contributed by atoms with Gasteiger partial charge in [-0.15, -0.1) is 0 Å². The number of aromatic nitrogens is 3. The number of para-hydroxylation sites is 1. The molecule has 29 heavy (non-hydrogen) atoms. The smallest absolute Gasteiger partial charge is 0.234 e. The fourth-order valence-corrected chi connectivity index (χ4v) is 3.48. The number of nitrogens with zero attached hydrogens (tertiary/aromatic N) is 5. The summed E-state index contributed by atoms with van der Waals surface area (Å²) in [5.74, 6) is 1.43. The summed E-state index contributed by atoms with van der Waals surface area (Å²) in [6.07, 6.45) is 2.24. The number of nitrogens with two attached hydrogens (primary N) is 1. The lowest BCUT2D eigenvalue weighted by Crippen LogP contribution is -2.50. The van der Waals surface area contributed by atoms with Crippen molar-refractivity contribution in [1.82, 2.24) is 30.1 Å². The summed E-state index contributed by atoms with van der Waals surface area (Å²) in [5.41, 5.74) is 6.83. The van der Waals surface area contributed by atoms with E-state index in [1.807, 2.05) is 30.3 Å². The number of nitrogen functional groups attached to an aromatic ring is 1. The molecule has 0 bridgehead atoms. The molecule has 2 aromatic rings. The third kappa shape index (κ3) is 5.39. The average molecular weight is 396 g/mol. The molecule has 2 aliphatic rings. The minimum atomic E-state index is 0.0130. The molecule has 1 amide bonds. The molecule has 1 saturated heterocycles. The standard InChI is InChI=1S/C20H28N8O/c1-14(28-11-9-27(10-12-28)13-17(29)22-16-7-8-16)18-24-19(21)26-20(25-18)23-15-5-3-2-4-6-15/h2-6,14,16H,7-13H2,1H3,(H,22,29)(H3,21,23,24,25,26). The highest BCUT2D eigenvalue weighted by molar-refractivity contribution is 5.78. The number of amides is 1. The lowest BCUT2D eigenvalue weighted by Gasteiger charge is -2.37. The van der Waals surface area contributed by atoms with Crippen LogP contribution in [-0.4, -0.2) is 69.4 Å². The van der Waals surface area contributed by atoms with Crippen molar-refractivity contribution in [3.63, 3.8) is 0 Å². The van der Waals surface area contributed by atoms with Crippen molar-refractivity contribution < 1.29 is 4.79 Å². The molecule has 1 aliphatic heterocycles. The summed E-state index contributed by atoms with van der Waals surface area (Å²) >= 11 is 0. The Bertz CT molecular complexity index is 834. The van der Waals surface area contributed by atoms with Gasteiger partial charge in [-0.25, -0.2) is 0 Å². The van der Waals surface area contributed by atoms with Crippen LogP contribution in [0.4, 0.5) is 17.6 Å². The van der Waals surface area contributed by atoms with Crippen molar-refractivity contribution in [2.45, 2.75) is 31.8 Å². The van der Waals surface area contributed by atoms with Crippen LogP contribution in [0.25, 0.3) is 0 Å². The second-order valence-corrected chi connectivity index (χ2v) is 7.70. The molecule has 2 heterocycles. The van der Waals surface area contributed by atoms with Gasteiger partial charge in [-0.2, -0.15) is 15.0 Å². The number of nitrogens with one attached hydrogen (secondary N) is 2. The lowest BCUT2D eigenvalue weighted by molar-refractivity contribution is -0.122. The zero-order chi connectivity index (χ0) is 20.2. The van der Waals surface area contributed by atoms with Gasteiger partial charge < -0.3 is 16.4 Å². The number of carbonyl (C=O) groups excluding carboxylic acids is 1. The summed E-state index contributed by atoms with van der Waals surface area (Å²) in [6.45, 7) is 5.95. The van der Waals surface area contributed by atoms with Crippen LogP contribution in [0.1, 0.15) is 31.6 Å². The number of hydrogen-bond donors (Lipinski definition) is 3. The highest BCUT2D eigenvalue weighted by Gasteiger charge is 2.27. The molecule has 9 nitrogen and oxygen atoms in total. The number of hydrogen-bond acceptors (Lipinski definition) is 8. The molecule has 1 aliphatic carbocycles. The van der Waals surface area contributed by atoms with Crippen LogP contribution in [0.5, 0.6) is 0 Å². The fraction of sp³-hybridized carbons (Fsp3) is 0.500. The average Bonchev–Trinajstić information content (AvgIpc) is 3.52. The first-order chi connectivity index (χ1) is 14.1. The number of anilines is 3. The zero-order valence-electron chi connectivity index (χ0n) is 16.7. The van der Waals surface area contributed by atoms with Crippen molar-refractivity contribution in [3.8, 4) is 0 Å². The van der Waals surface area contributed by atoms with Gasteiger partial charge >= 0.3 is 0 Å². The first kappa shape index (κ1) is 19.5. The molecule has 2 fully saturated rings. The quantitative estimate of drug-likeness (QED) is 0.639. The van der Waals surface area contributed by atoms with Gasteiger partial charge in [0.15, 0.2) is 5.82 Å². The van der Waals surface area contributed by atoms with Crippen LogP contribution in [-0.2, 0) is 4.79 Å². The van der Waals surface area contributed by atoms with E-state index < -0.39 is 0 Å². The van der Waals surface area contributed by atoms with Gasteiger partial charge in [0.1, 0.15) is 0 Å². The van der Waals surface area contributed by atoms with E-state index in [0.29, 0.717) is 24.4 Å². The summed E-state index contributed by atoms with van der Waals surface area (Å²) in [6, 6.07) is 10.2. The summed E-state index contributed by atoms with van der Waals surface area (Å²) in [5, 5.41) is 6.23. The fourth-order valence-electron chi connectivity index (χ4n) is 3.48. The minimum Gasteiger partial charge on any atom is -0.368 e. The van der Waals surface area contributed by atoms with Crippen molar-refractivity contribution in [2.75, 3.05) is 43.8 Å². The van der Waals surface area contributed by atoms with E-state index >= 15 is 0 Å². The predicted octanol–water partition coefficient (Wildman–Crippen LogP) is 1.15. The van der Waals surface area contributed by atoms with Crippen molar-refractivity contribution in [3.05, 3.63) is 36.2 Å². The van der Waals surface area contributed by atoms with Gasteiger partial charge in [0, 0.05) is 37.9 Å². The largest absolute Gasteiger partial charge is 0.368 e. The number of carbonyl (C=O) groups is 1. The minimum absolute atomic E-state index is 0.0130. The molecule has 1 unspecified atom stereocenters. The molecular weight excluding hydrogens is 368 g/mol. The van der Waals surface area contributed by atoms with Gasteiger partial charge in [0.05, 0.1) is 12.6 Å². The highest BCUT2D eigenvalue weighted by atomic mass is 16.2. The maximum absolute atomic E-state index is 12.0. The van der Waals surface area contributed by atoms with E-state index in [9.17, 15) is 4.79 Å². The topological polar surface area (TPSA) is 112 Å². The van der Waals surface area contributed by atoms with E-state index in [1.54, 1.807) is 0 Å². The monoisotopic (exact) mass is 396 g/mol. The van der Waals surface area contributed by atoms with Crippen LogP contribution in [0.15, 0.2) is 30.3 Å². The van der Waals surface area contributed by atoms with Gasteiger partial charge in [-0.1, -0.05) is 18.2 Å². The summed E-state index contributed by atoms with van der Waals surface area (Å²) in [4.78, 5) is 29.7. The number of rotatable bonds is 7. The summed E-state index contributed by atoms with van der Waals surface area (Å²) < 4.78 is 0. The molecule has 1 aromatic heterocycles. The van der Waals surface area contributed by atoms with Gasteiger partial charge in [0.25, 0.3) is 0 Å². The van der Waals surface area contributed by atoms with E-state index in [-0.39, 0.29) is 17.9 Å². The first-order valence-corrected chi connectivity index (χ1v) is 10.2. The molecule has 0 spiro atoms. The van der Waals surface area contributed by atoms with Crippen LogP contribution < -0.4 is 16.4 Å². The highest BCUT2D eigenvalue weighted by Crippen LogP contribution is 2.22. The molecule has 1 aromatic carbocycles. The van der Waals surface area contributed by atoms with Crippen molar-refractivity contribution in [1.29, 1.82) is 0 Å². The Morgan fingerprint density at radius 3 is 2.55 bits per heavy atom. The third-order valence-electron chi connectivity index (χ3n) is 5.34. The maximum Gasteiger partial charge on any atom is 0.234 e. The normalized spacial score (nSPS) is 18.9. The van der Waals surface area contributed by atoms with Crippen LogP contribution in [0.3, 0.4) is 0 Å².